The van der Waals surface area contributed by atoms with Gasteiger partial charge >= 0.3 is 6.03 Å². The highest BCUT2D eigenvalue weighted by molar-refractivity contribution is 5.90. The first-order valence-corrected chi connectivity index (χ1v) is 8.86. The number of urea groups is 1. The minimum atomic E-state index is -0.119. The molecule has 1 saturated heterocycles. The van der Waals surface area contributed by atoms with Crippen molar-refractivity contribution in [3.8, 4) is 11.8 Å². The van der Waals surface area contributed by atoms with Crippen molar-refractivity contribution in [3.05, 3.63) is 65.5 Å². The van der Waals surface area contributed by atoms with Crippen LogP contribution in [0.3, 0.4) is 0 Å². The van der Waals surface area contributed by atoms with Crippen LogP contribution >= 0.6 is 0 Å². The highest BCUT2D eigenvalue weighted by Gasteiger charge is 2.18. The summed E-state index contributed by atoms with van der Waals surface area (Å²) in [5, 5.41) is 10.0. The van der Waals surface area contributed by atoms with E-state index in [1.807, 2.05) is 37.3 Å². The lowest BCUT2D eigenvalue weighted by Gasteiger charge is -2.28. The lowest BCUT2D eigenvalue weighted by atomic mass is 10.0. The maximum absolute atomic E-state index is 12.4. The Morgan fingerprint density at radius 2 is 1.93 bits per heavy atom. The number of piperidine rings is 1. The maximum Gasteiger partial charge on any atom is 0.321 e. The smallest absolute Gasteiger partial charge is 0.321 e. The Morgan fingerprint density at radius 3 is 2.67 bits per heavy atom. The number of aromatic nitrogens is 1. The molecule has 1 aromatic carbocycles. The SMILES string of the molecule is Cc1cccc(C#CC=C2CCN(C(=O)Nc3cccc(N[OH2+])c3)CC2)n1. The highest BCUT2D eigenvalue weighted by atomic mass is 16.5. The van der Waals surface area contributed by atoms with E-state index in [4.69, 9.17) is 5.21 Å². The summed E-state index contributed by atoms with van der Waals surface area (Å²) in [6.45, 7) is 3.28. The third-order valence-electron chi connectivity index (χ3n) is 4.32. The Hall–Kier alpha value is -3.30. The second-order valence-corrected chi connectivity index (χ2v) is 6.36. The maximum atomic E-state index is 12.4. The summed E-state index contributed by atoms with van der Waals surface area (Å²) in [6, 6.07) is 12.8. The predicted molar refractivity (Wildman–Crippen MR) is 107 cm³/mol. The van der Waals surface area contributed by atoms with E-state index in [0.29, 0.717) is 24.5 Å². The molecular formula is C21H23N4O2+. The van der Waals surface area contributed by atoms with E-state index < -0.39 is 0 Å². The second kappa shape index (κ2) is 8.88. The van der Waals surface area contributed by atoms with Gasteiger partial charge in [-0.1, -0.05) is 23.6 Å². The number of nitrogens with zero attached hydrogens (tertiary/aromatic N) is 2. The summed E-state index contributed by atoms with van der Waals surface area (Å²) in [7, 11) is 0. The topological polar surface area (TPSA) is 80.2 Å². The molecule has 0 radical (unpaired) electrons. The van der Waals surface area contributed by atoms with Gasteiger partial charge in [0.05, 0.1) is 0 Å². The van der Waals surface area contributed by atoms with E-state index in [1.165, 1.54) is 5.57 Å². The van der Waals surface area contributed by atoms with Crippen LogP contribution in [-0.4, -0.2) is 34.2 Å². The van der Waals surface area contributed by atoms with Crippen LogP contribution in [0.25, 0.3) is 0 Å². The Balaban J connectivity index is 1.53. The van der Waals surface area contributed by atoms with Crippen LogP contribution in [0.1, 0.15) is 24.2 Å². The van der Waals surface area contributed by atoms with Gasteiger partial charge in [0.2, 0.25) is 0 Å². The molecule has 3 rings (SSSR count). The largest absolute Gasteiger partial charge is 0.324 e. The molecule has 6 nitrogen and oxygen atoms in total. The fourth-order valence-corrected chi connectivity index (χ4v) is 2.84. The number of hydrogen-bond acceptors (Lipinski definition) is 3. The van der Waals surface area contributed by atoms with Gasteiger partial charge < -0.3 is 15.4 Å². The van der Waals surface area contributed by atoms with Crippen LogP contribution in [0, 0.1) is 18.8 Å². The van der Waals surface area contributed by atoms with E-state index >= 15 is 0 Å². The molecule has 0 saturated carbocycles. The number of hydrogen-bond donors (Lipinski definition) is 2. The molecule has 0 aliphatic carbocycles. The van der Waals surface area contributed by atoms with Crippen LogP contribution < -0.4 is 10.8 Å². The van der Waals surface area contributed by atoms with E-state index in [1.54, 1.807) is 23.1 Å². The molecule has 0 atom stereocenters. The van der Waals surface area contributed by atoms with Crippen molar-refractivity contribution >= 4 is 17.4 Å². The fraction of sp³-hybridized carbons (Fsp3) is 0.238. The van der Waals surface area contributed by atoms with Crippen LogP contribution in [0.5, 0.6) is 0 Å². The summed E-state index contributed by atoms with van der Waals surface area (Å²) in [6.07, 6.45) is 3.58. The molecule has 1 aromatic heterocycles. The molecule has 4 N–H and O–H groups in total. The summed E-state index contributed by atoms with van der Waals surface area (Å²) < 4.78 is 0. The second-order valence-electron chi connectivity index (χ2n) is 6.36. The van der Waals surface area contributed by atoms with E-state index in [9.17, 15) is 4.79 Å². The average Bonchev–Trinajstić information content (AvgIpc) is 2.69. The number of aryl methyl sites for hydroxylation is 1. The zero-order valence-electron chi connectivity index (χ0n) is 15.2. The third kappa shape index (κ3) is 5.33. The molecule has 1 aliphatic rings. The molecule has 0 spiro atoms. The fourth-order valence-electron chi connectivity index (χ4n) is 2.84. The summed E-state index contributed by atoms with van der Waals surface area (Å²) in [4.78, 5) is 18.6. The summed E-state index contributed by atoms with van der Waals surface area (Å²) in [5.74, 6) is 6.14. The van der Waals surface area contributed by atoms with Gasteiger partial charge in [-0.15, -0.1) is 0 Å². The molecule has 2 amide bonds. The van der Waals surface area contributed by atoms with Crippen molar-refractivity contribution < 1.29 is 10.0 Å². The van der Waals surface area contributed by atoms with Crippen molar-refractivity contribution in [3.63, 3.8) is 0 Å². The van der Waals surface area contributed by atoms with Gasteiger partial charge in [0.15, 0.2) is 0 Å². The zero-order chi connectivity index (χ0) is 19.1. The van der Waals surface area contributed by atoms with Crippen molar-refractivity contribution in [2.75, 3.05) is 23.9 Å². The van der Waals surface area contributed by atoms with E-state index in [-0.39, 0.29) is 6.03 Å². The van der Waals surface area contributed by atoms with Crippen molar-refractivity contribution in [2.24, 2.45) is 0 Å². The van der Waals surface area contributed by atoms with Gasteiger partial charge in [0, 0.05) is 24.5 Å². The van der Waals surface area contributed by atoms with E-state index in [2.05, 4.69) is 27.6 Å². The number of anilines is 2. The van der Waals surface area contributed by atoms with Crippen LogP contribution in [0.4, 0.5) is 16.2 Å². The van der Waals surface area contributed by atoms with Gasteiger partial charge in [-0.05, 0) is 62.1 Å². The van der Waals surface area contributed by atoms with Gasteiger partial charge in [0.1, 0.15) is 11.4 Å². The first-order valence-electron chi connectivity index (χ1n) is 8.86. The standard InChI is InChI=1S/C21H22N4O2/c1-16-5-2-7-18(22-16)8-3-6-17-11-13-25(14-12-17)21(26)23-19-9-4-10-20(15-19)24-27/h2,4-7,9-10,15,24,27H,11-14H2,1H3,(H,23,26)/p+1. The Kier molecular flexibility index (Phi) is 6.08. The number of pyridine rings is 1. The van der Waals surface area contributed by atoms with Crippen LogP contribution in [-0.2, 0) is 0 Å². The normalized spacial score (nSPS) is 13.4. The summed E-state index contributed by atoms with van der Waals surface area (Å²) in [5.41, 5.74) is 6.61. The minimum absolute atomic E-state index is 0.119. The quantitative estimate of drug-likeness (QED) is 0.489. The lowest BCUT2D eigenvalue weighted by Crippen LogP contribution is -2.39. The monoisotopic (exact) mass is 363 g/mol. The molecule has 1 fully saturated rings. The van der Waals surface area contributed by atoms with Gasteiger partial charge in [-0.3, -0.25) is 0 Å². The van der Waals surface area contributed by atoms with Crippen molar-refractivity contribution in [1.82, 2.24) is 9.88 Å². The molecular weight excluding hydrogens is 340 g/mol. The highest BCUT2D eigenvalue weighted by Crippen LogP contribution is 2.18. The number of nitrogens with one attached hydrogen (secondary N) is 2. The number of rotatable bonds is 2. The number of carbonyl (C=O) groups is 1. The molecule has 138 valence electrons. The van der Waals surface area contributed by atoms with Crippen LogP contribution in [0.2, 0.25) is 0 Å². The van der Waals surface area contributed by atoms with Crippen LogP contribution in [0.15, 0.2) is 54.1 Å². The molecule has 2 aromatic rings. The minimum Gasteiger partial charge on any atom is -0.324 e. The van der Waals surface area contributed by atoms with Gasteiger partial charge in [-0.2, -0.15) is 5.48 Å². The summed E-state index contributed by atoms with van der Waals surface area (Å²) >= 11 is 0. The Labute approximate surface area is 158 Å². The molecule has 0 bridgehead atoms. The molecule has 6 heteroatoms. The van der Waals surface area contributed by atoms with E-state index in [0.717, 1.165) is 24.2 Å². The van der Waals surface area contributed by atoms with Gasteiger partial charge in [-0.25, -0.2) is 9.78 Å². The van der Waals surface area contributed by atoms with Crippen molar-refractivity contribution in [1.29, 1.82) is 0 Å². The first kappa shape index (κ1) is 18.5. The number of allylic oxidation sites excluding steroid dienone is 1. The number of carbonyl (C=O) groups excluding carboxylic acids is 1. The Bertz CT molecular complexity index is 902. The van der Waals surface area contributed by atoms with Crippen molar-refractivity contribution in [2.45, 2.75) is 19.8 Å². The van der Waals surface area contributed by atoms with Gasteiger partial charge in [0.25, 0.3) is 0 Å². The molecule has 1 aliphatic heterocycles. The molecule has 0 unspecified atom stereocenters. The lowest BCUT2D eigenvalue weighted by molar-refractivity contribution is 0.207. The Morgan fingerprint density at radius 1 is 1.19 bits per heavy atom. The number of amides is 2. The number of likely N-dealkylation sites (tertiary alicyclic amines) is 1. The molecule has 2 heterocycles. The number of benzene rings is 1. The zero-order valence-corrected chi connectivity index (χ0v) is 15.2. The average molecular weight is 363 g/mol. The predicted octanol–water partition coefficient (Wildman–Crippen LogP) is 3.05. The first-order chi connectivity index (χ1) is 13.1. The third-order valence-corrected chi connectivity index (χ3v) is 4.32. The molecule has 27 heavy (non-hydrogen) atoms.